The van der Waals surface area contributed by atoms with Crippen molar-refractivity contribution in [2.24, 2.45) is 4.99 Å². The van der Waals surface area contributed by atoms with E-state index in [9.17, 15) is 19.8 Å². The van der Waals surface area contributed by atoms with Crippen LogP contribution in [0.25, 0.3) is 10.2 Å². The Morgan fingerprint density at radius 2 is 1.98 bits per heavy atom. The van der Waals surface area contributed by atoms with E-state index in [-0.39, 0.29) is 28.2 Å². The van der Waals surface area contributed by atoms with Crippen molar-refractivity contribution in [3.05, 3.63) is 62.8 Å². The lowest BCUT2D eigenvalue weighted by Gasteiger charge is -2.53. The number of carbonyl (C=O) groups excluding carboxylic acids is 1. The highest BCUT2D eigenvalue weighted by molar-refractivity contribution is 8.14. The predicted molar refractivity (Wildman–Crippen MR) is 180 cm³/mol. The van der Waals surface area contributed by atoms with Crippen LogP contribution in [0, 0.1) is 0 Å². The Labute approximate surface area is 271 Å². The Morgan fingerprint density at radius 1 is 1.20 bits per heavy atom. The summed E-state index contributed by atoms with van der Waals surface area (Å²) in [6, 6.07) is 11.6. The Balaban J connectivity index is 0.989. The van der Waals surface area contributed by atoms with Crippen molar-refractivity contribution in [1.29, 1.82) is 0 Å². The van der Waals surface area contributed by atoms with Gasteiger partial charge >= 0.3 is 4.87 Å². The summed E-state index contributed by atoms with van der Waals surface area (Å²) in [4.78, 5) is 36.6. The van der Waals surface area contributed by atoms with Gasteiger partial charge in [-0.1, -0.05) is 41.7 Å². The Bertz CT molecular complexity index is 1630. The number of nitrogens with one attached hydrogen (secondary N) is 2. The van der Waals surface area contributed by atoms with Crippen molar-refractivity contribution < 1.29 is 19.7 Å². The fourth-order valence-corrected chi connectivity index (χ4v) is 8.64. The highest BCUT2D eigenvalue weighted by Crippen LogP contribution is 2.38. The van der Waals surface area contributed by atoms with Gasteiger partial charge in [0.05, 0.1) is 27.0 Å². The van der Waals surface area contributed by atoms with Crippen molar-refractivity contribution in [3.63, 3.8) is 0 Å². The highest BCUT2D eigenvalue weighted by Gasteiger charge is 2.48. The molecule has 4 N–H and O–H groups in total. The number of hydrogen-bond acceptors (Lipinski definition) is 10. The Kier molecular flexibility index (Phi) is 9.43. The van der Waals surface area contributed by atoms with Gasteiger partial charge in [0, 0.05) is 50.6 Å². The number of likely N-dealkylation sites (tertiary alicyclic amines) is 1. The van der Waals surface area contributed by atoms with Gasteiger partial charge in [0.2, 0.25) is 5.91 Å². The molecule has 3 aliphatic heterocycles. The van der Waals surface area contributed by atoms with E-state index < -0.39 is 11.7 Å². The number of aliphatic hydroxyl groups excluding tert-OH is 1. The van der Waals surface area contributed by atoms with Gasteiger partial charge in [-0.05, 0) is 63.8 Å². The van der Waals surface area contributed by atoms with Crippen molar-refractivity contribution in [3.8, 4) is 5.75 Å². The van der Waals surface area contributed by atoms with E-state index in [1.54, 1.807) is 17.8 Å². The van der Waals surface area contributed by atoms with Crippen molar-refractivity contribution in [2.45, 2.75) is 69.9 Å². The minimum atomic E-state index is -0.795. The van der Waals surface area contributed by atoms with E-state index in [2.05, 4.69) is 58.3 Å². The van der Waals surface area contributed by atoms with Crippen LogP contribution in [0.15, 0.2) is 46.2 Å². The third kappa shape index (κ3) is 7.47. The van der Waals surface area contributed by atoms with Gasteiger partial charge in [-0.3, -0.25) is 19.5 Å². The quantitative estimate of drug-likeness (QED) is 0.258. The third-order valence-corrected chi connectivity index (χ3v) is 10.9. The molecule has 2 saturated heterocycles. The number of aliphatic hydroxyl groups is 1. The van der Waals surface area contributed by atoms with Crippen molar-refractivity contribution in [2.75, 3.05) is 45.0 Å². The molecule has 2 aromatic carbocycles. The average Bonchev–Trinajstić information content (AvgIpc) is 3.61. The maximum Gasteiger partial charge on any atom is 0.305 e. The first kappa shape index (κ1) is 32.2. The summed E-state index contributed by atoms with van der Waals surface area (Å²) < 4.78 is 7.29. The maximum absolute atomic E-state index is 13.4. The number of thioether (sulfide) groups is 1. The molecule has 45 heavy (non-hydrogen) atoms. The lowest BCUT2D eigenvalue weighted by molar-refractivity contribution is -0.215. The first-order valence-corrected chi connectivity index (χ1v) is 17.5. The number of ether oxygens (including phenoxy) is 1. The molecule has 3 aromatic rings. The fourth-order valence-electron chi connectivity index (χ4n) is 6.90. The number of fused-ring (bicyclic) bond motifs is 1. The Hall–Kier alpha value is -2.74. The zero-order valence-electron chi connectivity index (χ0n) is 26.2. The lowest BCUT2D eigenvalue weighted by atomic mass is 9.86. The number of carbonyl (C=O) groups is 1. The number of aromatic nitrogens is 1. The minimum absolute atomic E-state index is 0.00478. The lowest BCUT2D eigenvalue weighted by Crippen LogP contribution is -2.64. The van der Waals surface area contributed by atoms with Crippen molar-refractivity contribution >= 4 is 44.3 Å². The van der Waals surface area contributed by atoms with Crippen LogP contribution in [0.2, 0.25) is 0 Å². The molecule has 0 saturated carbocycles. The normalized spacial score (nSPS) is 22.2. The van der Waals surface area contributed by atoms with E-state index in [0.717, 1.165) is 61.0 Å². The van der Waals surface area contributed by atoms with E-state index in [1.807, 2.05) is 11.8 Å². The Morgan fingerprint density at radius 3 is 2.73 bits per heavy atom. The molecule has 12 heteroatoms. The van der Waals surface area contributed by atoms with Gasteiger partial charge in [0.25, 0.3) is 0 Å². The summed E-state index contributed by atoms with van der Waals surface area (Å²) in [5.74, 6) is 0.877. The molecule has 10 nitrogen and oxygen atoms in total. The average molecular weight is 654 g/mol. The molecular formula is C33H43N5O5S2. The van der Waals surface area contributed by atoms with Crippen LogP contribution in [0.4, 0.5) is 0 Å². The molecule has 2 atom stereocenters. The van der Waals surface area contributed by atoms with E-state index in [4.69, 9.17) is 4.74 Å². The van der Waals surface area contributed by atoms with E-state index in [0.29, 0.717) is 42.0 Å². The monoisotopic (exact) mass is 653 g/mol. The standard InChI is InChI=1S/C33H43N5O5S2/c1-21-35-25(18-44-21)30(41)38-19-32(2,3)43-33(20-38)10-13-37(14-11-33)17-23-6-4-5-22(15-23)9-12-34-16-27(40)24-7-8-26(39)28-29(24)45-31(42)36-28/h4-8,15,25,27,34,39-40H,9-14,16-20H2,1-3H3,(H,36,42)/t25?,27-/m0/s1. The fraction of sp³-hybridized carbons (Fsp3) is 0.545. The number of phenols is 1. The molecule has 242 valence electrons. The summed E-state index contributed by atoms with van der Waals surface area (Å²) in [6.45, 7) is 11.1. The summed E-state index contributed by atoms with van der Waals surface area (Å²) in [7, 11) is 0. The second kappa shape index (κ2) is 13.2. The number of thiazole rings is 1. The van der Waals surface area contributed by atoms with Crippen LogP contribution in [0.1, 0.15) is 56.4 Å². The molecule has 3 aliphatic rings. The number of H-pyrrole nitrogens is 1. The first-order chi connectivity index (χ1) is 21.5. The number of amides is 1. The number of nitrogens with zero attached hydrogens (tertiary/aromatic N) is 3. The van der Waals surface area contributed by atoms with Gasteiger partial charge < -0.3 is 30.2 Å². The number of morpholine rings is 1. The summed E-state index contributed by atoms with van der Waals surface area (Å²) in [5, 5.41) is 25.1. The summed E-state index contributed by atoms with van der Waals surface area (Å²) >= 11 is 2.66. The molecule has 1 unspecified atom stereocenters. The molecule has 1 spiro atoms. The van der Waals surface area contributed by atoms with E-state index >= 15 is 0 Å². The van der Waals surface area contributed by atoms with E-state index in [1.165, 1.54) is 17.2 Å². The van der Waals surface area contributed by atoms with Crippen LogP contribution in [0.3, 0.4) is 0 Å². The van der Waals surface area contributed by atoms with Crippen LogP contribution in [-0.4, -0.2) is 98.2 Å². The number of aromatic amines is 1. The maximum atomic E-state index is 13.4. The zero-order chi connectivity index (χ0) is 31.8. The molecule has 0 bridgehead atoms. The van der Waals surface area contributed by atoms with Gasteiger partial charge in [-0.2, -0.15) is 0 Å². The van der Waals surface area contributed by atoms with Gasteiger partial charge in [-0.25, -0.2) is 0 Å². The molecular weight excluding hydrogens is 611 g/mol. The number of rotatable bonds is 9. The zero-order valence-corrected chi connectivity index (χ0v) is 27.8. The molecule has 0 aliphatic carbocycles. The molecule has 1 amide bonds. The smallest absolute Gasteiger partial charge is 0.305 e. The summed E-state index contributed by atoms with van der Waals surface area (Å²) in [6.07, 6.45) is 1.81. The van der Waals surface area contributed by atoms with Crippen LogP contribution in [0.5, 0.6) is 5.75 Å². The van der Waals surface area contributed by atoms with Crippen LogP contribution >= 0.6 is 23.1 Å². The predicted octanol–water partition coefficient (Wildman–Crippen LogP) is 3.67. The minimum Gasteiger partial charge on any atom is -0.506 e. The van der Waals surface area contributed by atoms with Crippen LogP contribution in [-0.2, 0) is 22.5 Å². The van der Waals surface area contributed by atoms with Crippen molar-refractivity contribution in [1.82, 2.24) is 20.1 Å². The van der Waals surface area contributed by atoms with Gasteiger partial charge in [-0.15, -0.1) is 11.8 Å². The number of hydrogen-bond donors (Lipinski definition) is 4. The number of piperidine rings is 1. The molecule has 4 heterocycles. The SMILES string of the molecule is CC1=NC(C(=O)N2CC(C)(C)OC3(CCN(Cc4cccc(CCNC[C@H](O)c5ccc(O)c6[nH]c(=O)sc56)c4)CC3)C2)CS1. The number of benzene rings is 2. The molecule has 2 fully saturated rings. The topological polar surface area (TPSA) is 130 Å². The molecule has 0 radical (unpaired) electrons. The summed E-state index contributed by atoms with van der Waals surface area (Å²) in [5.41, 5.74) is 2.79. The van der Waals surface area contributed by atoms with Crippen LogP contribution < -0.4 is 10.2 Å². The highest BCUT2D eigenvalue weighted by atomic mass is 32.2. The number of phenolic OH excluding ortho intramolecular Hbond substituents is 1. The van der Waals surface area contributed by atoms with Gasteiger partial charge in [0.15, 0.2) is 0 Å². The molecule has 1 aromatic heterocycles. The second-order valence-corrected chi connectivity index (χ2v) is 15.4. The van der Waals surface area contributed by atoms with Gasteiger partial charge in [0.1, 0.15) is 17.3 Å². The number of aliphatic imine (C=N–C) groups is 1. The second-order valence-electron chi connectivity index (χ2n) is 13.2. The first-order valence-electron chi connectivity index (χ1n) is 15.7. The largest absolute Gasteiger partial charge is 0.506 e. The number of aromatic hydroxyl groups is 1. The third-order valence-electron chi connectivity index (χ3n) is 8.97. The molecule has 6 rings (SSSR count).